The molecule has 0 aliphatic heterocycles. The summed E-state index contributed by atoms with van der Waals surface area (Å²) in [6.07, 6.45) is 1.97. The number of nitrogens with zero attached hydrogens (tertiary/aromatic N) is 2. The lowest BCUT2D eigenvalue weighted by Gasteiger charge is -2.07. The molecule has 0 radical (unpaired) electrons. The molecule has 0 aliphatic rings. The first-order valence-electron chi connectivity index (χ1n) is 8.85. The van der Waals surface area contributed by atoms with Crippen molar-refractivity contribution in [1.29, 1.82) is 0 Å². The number of rotatable bonds is 8. The number of amides is 1. The van der Waals surface area contributed by atoms with Crippen LogP contribution in [0.1, 0.15) is 17.5 Å². The first-order chi connectivity index (χ1) is 13.2. The number of aryl methyl sites for hydroxylation is 1. The van der Waals surface area contributed by atoms with Crippen LogP contribution in [0.5, 0.6) is 0 Å². The zero-order valence-electron chi connectivity index (χ0n) is 14.9. The van der Waals surface area contributed by atoms with Gasteiger partial charge in [-0.05, 0) is 48.2 Å². The second kappa shape index (κ2) is 9.69. The maximum Gasteiger partial charge on any atom is 0.225 e. The van der Waals surface area contributed by atoms with Crippen LogP contribution in [0.15, 0.2) is 66.7 Å². The zero-order valence-corrected chi connectivity index (χ0v) is 15.6. The Bertz CT molecular complexity index is 852. The highest BCUT2D eigenvalue weighted by Crippen LogP contribution is 2.11. The molecule has 0 saturated carbocycles. The van der Waals surface area contributed by atoms with Crippen LogP contribution in [0.25, 0.3) is 0 Å². The third-order valence-corrected chi connectivity index (χ3v) is 4.30. The highest BCUT2D eigenvalue weighted by Gasteiger charge is 2.05. The molecular weight excluding hydrogens is 360 g/mol. The Hall–Kier alpha value is -2.92. The molecule has 3 rings (SSSR count). The minimum Gasteiger partial charge on any atom is -0.368 e. The Kier molecular flexibility index (Phi) is 6.77. The molecular formula is C21H21ClN4O. The van der Waals surface area contributed by atoms with E-state index >= 15 is 0 Å². The van der Waals surface area contributed by atoms with E-state index < -0.39 is 0 Å². The highest BCUT2D eigenvalue weighted by molar-refractivity contribution is 6.30. The van der Waals surface area contributed by atoms with Crippen molar-refractivity contribution in [3.63, 3.8) is 0 Å². The number of aromatic nitrogens is 2. The topological polar surface area (TPSA) is 66.9 Å². The summed E-state index contributed by atoms with van der Waals surface area (Å²) in [6, 6.07) is 21.2. The van der Waals surface area contributed by atoms with Gasteiger partial charge in [-0.3, -0.25) is 4.79 Å². The van der Waals surface area contributed by atoms with E-state index in [-0.39, 0.29) is 5.91 Å². The summed E-state index contributed by atoms with van der Waals surface area (Å²) < 4.78 is 0. The van der Waals surface area contributed by atoms with E-state index in [1.54, 1.807) is 6.07 Å². The van der Waals surface area contributed by atoms with Gasteiger partial charge >= 0.3 is 0 Å². The molecule has 0 bridgehead atoms. The maximum atomic E-state index is 12.0. The van der Waals surface area contributed by atoms with Crippen LogP contribution in [-0.2, 0) is 17.6 Å². The normalized spacial score (nSPS) is 10.4. The van der Waals surface area contributed by atoms with Gasteiger partial charge in [0.25, 0.3) is 0 Å². The van der Waals surface area contributed by atoms with Crippen molar-refractivity contribution in [2.24, 2.45) is 0 Å². The molecule has 3 aromatic rings. The number of hydrogen-bond donors (Lipinski definition) is 2. The van der Waals surface area contributed by atoms with Gasteiger partial charge in [-0.15, -0.1) is 10.2 Å². The monoisotopic (exact) mass is 380 g/mol. The van der Waals surface area contributed by atoms with Gasteiger partial charge in [0.15, 0.2) is 5.82 Å². The number of benzene rings is 2. The first kappa shape index (κ1) is 18.9. The molecule has 6 heteroatoms. The zero-order chi connectivity index (χ0) is 18.9. The molecule has 1 aromatic heterocycles. The number of carbonyl (C=O) groups excluding carboxylic acids is 1. The van der Waals surface area contributed by atoms with Gasteiger partial charge in [0.05, 0.1) is 0 Å². The van der Waals surface area contributed by atoms with Crippen LogP contribution >= 0.6 is 11.6 Å². The molecule has 1 heterocycles. The van der Waals surface area contributed by atoms with Gasteiger partial charge in [0.2, 0.25) is 5.91 Å². The van der Waals surface area contributed by atoms with E-state index in [0.29, 0.717) is 24.5 Å². The van der Waals surface area contributed by atoms with Crippen molar-refractivity contribution in [2.75, 3.05) is 17.2 Å². The second-order valence-corrected chi connectivity index (χ2v) is 6.58. The van der Waals surface area contributed by atoms with Crippen molar-refractivity contribution in [2.45, 2.75) is 19.3 Å². The van der Waals surface area contributed by atoms with Crippen LogP contribution in [0, 0.1) is 0 Å². The Morgan fingerprint density at radius 1 is 0.815 bits per heavy atom. The summed E-state index contributed by atoms with van der Waals surface area (Å²) in [5.74, 6) is 1.05. The van der Waals surface area contributed by atoms with Crippen molar-refractivity contribution in [3.8, 4) is 0 Å². The summed E-state index contributed by atoms with van der Waals surface area (Å²) in [6.45, 7) is 0.735. The summed E-state index contributed by atoms with van der Waals surface area (Å²) >= 11 is 5.88. The van der Waals surface area contributed by atoms with E-state index in [1.165, 1.54) is 5.56 Å². The Morgan fingerprint density at radius 2 is 1.48 bits per heavy atom. The molecule has 2 aromatic carbocycles. The van der Waals surface area contributed by atoms with Gasteiger partial charge in [-0.25, -0.2) is 0 Å². The Morgan fingerprint density at radius 3 is 2.19 bits per heavy atom. The fourth-order valence-electron chi connectivity index (χ4n) is 2.59. The van der Waals surface area contributed by atoms with Gasteiger partial charge in [-0.1, -0.05) is 54.1 Å². The predicted molar refractivity (Wildman–Crippen MR) is 109 cm³/mol. The molecule has 0 spiro atoms. The lowest BCUT2D eigenvalue weighted by Crippen LogP contribution is -2.14. The summed E-state index contributed by atoms with van der Waals surface area (Å²) in [5.41, 5.74) is 2.33. The second-order valence-electron chi connectivity index (χ2n) is 6.14. The molecule has 0 fully saturated rings. The molecule has 0 unspecified atom stereocenters. The molecule has 2 N–H and O–H groups in total. The quantitative estimate of drug-likeness (QED) is 0.609. The summed E-state index contributed by atoms with van der Waals surface area (Å²) in [7, 11) is 0. The van der Waals surface area contributed by atoms with Crippen LogP contribution < -0.4 is 10.6 Å². The number of nitrogens with one attached hydrogen (secondary N) is 2. The van der Waals surface area contributed by atoms with Crippen LogP contribution in [0.2, 0.25) is 5.02 Å². The SMILES string of the molecule is O=C(CCc1ccccc1)Nc1ccc(NCCc2ccc(Cl)cc2)nn1. The molecule has 5 nitrogen and oxygen atoms in total. The molecule has 1 amide bonds. The van der Waals surface area contributed by atoms with E-state index in [2.05, 4.69) is 20.8 Å². The standard InChI is InChI=1S/C21H21ClN4O/c22-18-9-6-17(7-10-18)14-15-23-19-11-12-20(26-25-19)24-21(27)13-8-16-4-2-1-3-5-16/h1-7,9-12H,8,13-15H2,(H,23,25)(H,24,26,27). The minimum atomic E-state index is -0.0726. The third kappa shape index (κ3) is 6.38. The lowest BCUT2D eigenvalue weighted by molar-refractivity contribution is -0.116. The van der Waals surface area contributed by atoms with Gasteiger partial charge in [-0.2, -0.15) is 0 Å². The van der Waals surface area contributed by atoms with Crippen LogP contribution in [0.3, 0.4) is 0 Å². The van der Waals surface area contributed by atoms with E-state index in [9.17, 15) is 4.79 Å². The third-order valence-electron chi connectivity index (χ3n) is 4.05. The fraction of sp³-hybridized carbons (Fsp3) is 0.190. The van der Waals surface area contributed by atoms with E-state index in [4.69, 9.17) is 11.6 Å². The maximum absolute atomic E-state index is 12.0. The smallest absolute Gasteiger partial charge is 0.225 e. The van der Waals surface area contributed by atoms with Crippen LogP contribution in [-0.4, -0.2) is 22.6 Å². The van der Waals surface area contributed by atoms with Gasteiger partial charge in [0.1, 0.15) is 5.82 Å². The minimum absolute atomic E-state index is 0.0726. The lowest BCUT2D eigenvalue weighted by atomic mass is 10.1. The number of hydrogen-bond acceptors (Lipinski definition) is 4. The average molecular weight is 381 g/mol. The van der Waals surface area contributed by atoms with Crippen molar-refractivity contribution < 1.29 is 4.79 Å². The van der Waals surface area contributed by atoms with Gasteiger partial charge in [0, 0.05) is 18.0 Å². The highest BCUT2D eigenvalue weighted by atomic mass is 35.5. The first-order valence-corrected chi connectivity index (χ1v) is 9.23. The van der Waals surface area contributed by atoms with Crippen LogP contribution in [0.4, 0.5) is 11.6 Å². The molecule has 138 valence electrons. The predicted octanol–water partition coefficient (Wildman–Crippen LogP) is 4.36. The average Bonchev–Trinajstić information content (AvgIpc) is 2.70. The van der Waals surface area contributed by atoms with Gasteiger partial charge < -0.3 is 10.6 Å². The Labute approximate surface area is 163 Å². The molecule has 0 atom stereocenters. The fourth-order valence-corrected chi connectivity index (χ4v) is 2.71. The molecule has 0 saturated heterocycles. The van der Waals surface area contributed by atoms with Crippen molar-refractivity contribution in [1.82, 2.24) is 10.2 Å². The largest absolute Gasteiger partial charge is 0.368 e. The van der Waals surface area contributed by atoms with Crippen molar-refractivity contribution in [3.05, 3.63) is 82.9 Å². The number of halogens is 1. The Balaban J connectivity index is 1.41. The summed E-state index contributed by atoms with van der Waals surface area (Å²) in [4.78, 5) is 12.0. The number of anilines is 2. The summed E-state index contributed by atoms with van der Waals surface area (Å²) in [5, 5.41) is 14.9. The van der Waals surface area contributed by atoms with E-state index in [1.807, 2.05) is 60.7 Å². The molecule has 0 aliphatic carbocycles. The van der Waals surface area contributed by atoms with Crippen molar-refractivity contribution >= 4 is 29.1 Å². The number of carbonyl (C=O) groups is 1. The van der Waals surface area contributed by atoms with E-state index in [0.717, 1.165) is 23.6 Å². The molecule has 27 heavy (non-hydrogen) atoms.